The number of pyridine rings is 1. The summed E-state index contributed by atoms with van der Waals surface area (Å²) >= 11 is 0. The first-order chi connectivity index (χ1) is 11.7. The molecule has 0 bridgehead atoms. The van der Waals surface area contributed by atoms with E-state index in [0.29, 0.717) is 5.56 Å². The number of carbonyl (C=O) groups is 1. The van der Waals surface area contributed by atoms with Crippen LogP contribution < -0.4 is 10.2 Å². The van der Waals surface area contributed by atoms with E-state index in [9.17, 15) is 9.18 Å². The summed E-state index contributed by atoms with van der Waals surface area (Å²) < 4.78 is 13.0. The Kier molecular flexibility index (Phi) is 5.08. The van der Waals surface area contributed by atoms with Gasteiger partial charge in [-0.25, -0.2) is 4.39 Å². The number of hydrogen-bond donors (Lipinski definition) is 1. The first kappa shape index (κ1) is 16.4. The molecular weight excluding hydrogens is 305 g/mol. The second-order valence-corrected chi connectivity index (χ2v) is 6.10. The maximum Gasteiger partial charge on any atom is 0.251 e. The first-order valence-electron chi connectivity index (χ1n) is 8.42. The highest BCUT2D eigenvalue weighted by Crippen LogP contribution is 2.20. The average Bonchev–Trinajstić information content (AvgIpc) is 2.63. The minimum absolute atomic E-state index is 0.0349. The number of benzene rings is 1. The van der Waals surface area contributed by atoms with Crippen molar-refractivity contribution >= 4 is 11.6 Å². The number of nitrogens with one attached hydrogen (secondary N) is 1. The van der Waals surface area contributed by atoms with Crippen LogP contribution in [0.4, 0.5) is 10.1 Å². The number of halogens is 1. The summed E-state index contributed by atoms with van der Waals surface area (Å²) in [5.74, 6) is -0.253. The summed E-state index contributed by atoms with van der Waals surface area (Å²) in [5.41, 5.74) is 2.62. The lowest BCUT2D eigenvalue weighted by Crippen LogP contribution is -2.44. The van der Waals surface area contributed by atoms with Gasteiger partial charge in [0.2, 0.25) is 0 Å². The molecule has 0 atom stereocenters. The van der Waals surface area contributed by atoms with Gasteiger partial charge in [0, 0.05) is 42.3 Å². The summed E-state index contributed by atoms with van der Waals surface area (Å²) in [7, 11) is 0. The van der Waals surface area contributed by atoms with Gasteiger partial charge in [0.05, 0.1) is 0 Å². The Morgan fingerprint density at radius 1 is 1.25 bits per heavy atom. The van der Waals surface area contributed by atoms with Crippen LogP contribution in [0, 0.1) is 5.82 Å². The summed E-state index contributed by atoms with van der Waals surface area (Å²) in [5, 5.41) is 3.11. The Morgan fingerprint density at radius 2 is 1.96 bits per heavy atom. The highest BCUT2D eigenvalue weighted by Gasteiger charge is 2.21. The number of rotatable bonds is 4. The SMILES string of the molecule is CCc1cc(C(=O)NC2CCN(c3ccc(F)cc3)CC2)ccn1. The molecule has 1 fully saturated rings. The lowest BCUT2D eigenvalue weighted by Gasteiger charge is -2.34. The number of carbonyl (C=O) groups excluding carboxylic acids is 1. The van der Waals surface area contributed by atoms with Crippen LogP contribution in [-0.4, -0.2) is 30.0 Å². The van der Waals surface area contributed by atoms with Gasteiger partial charge in [0.15, 0.2) is 0 Å². The van der Waals surface area contributed by atoms with Gasteiger partial charge < -0.3 is 10.2 Å². The van der Waals surface area contributed by atoms with Gasteiger partial charge in [0.1, 0.15) is 5.82 Å². The molecule has 1 aliphatic rings. The fraction of sp³-hybridized carbons (Fsp3) is 0.368. The number of aromatic nitrogens is 1. The number of anilines is 1. The van der Waals surface area contributed by atoms with Crippen LogP contribution >= 0.6 is 0 Å². The van der Waals surface area contributed by atoms with E-state index in [4.69, 9.17) is 0 Å². The lowest BCUT2D eigenvalue weighted by atomic mass is 10.0. The second-order valence-electron chi connectivity index (χ2n) is 6.10. The van der Waals surface area contributed by atoms with E-state index in [1.165, 1.54) is 12.1 Å². The van der Waals surface area contributed by atoms with E-state index in [2.05, 4.69) is 15.2 Å². The van der Waals surface area contributed by atoms with Gasteiger partial charge in [-0.3, -0.25) is 9.78 Å². The van der Waals surface area contributed by atoms with Crippen molar-refractivity contribution in [1.82, 2.24) is 10.3 Å². The number of aryl methyl sites for hydroxylation is 1. The second kappa shape index (κ2) is 7.43. The van der Waals surface area contributed by atoms with Crippen LogP contribution in [0.3, 0.4) is 0 Å². The zero-order valence-corrected chi connectivity index (χ0v) is 13.8. The van der Waals surface area contributed by atoms with Gasteiger partial charge in [-0.2, -0.15) is 0 Å². The zero-order chi connectivity index (χ0) is 16.9. The predicted octanol–water partition coefficient (Wildman–Crippen LogP) is 3.18. The van der Waals surface area contributed by atoms with E-state index < -0.39 is 0 Å². The van der Waals surface area contributed by atoms with Crippen molar-refractivity contribution in [3.8, 4) is 0 Å². The van der Waals surface area contributed by atoms with Crippen LogP contribution in [0.25, 0.3) is 0 Å². The van der Waals surface area contributed by atoms with Crippen molar-refractivity contribution in [2.75, 3.05) is 18.0 Å². The maximum atomic E-state index is 13.0. The molecule has 0 unspecified atom stereocenters. The summed E-state index contributed by atoms with van der Waals surface area (Å²) in [6.45, 7) is 3.73. The molecule has 5 heteroatoms. The Hall–Kier alpha value is -2.43. The van der Waals surface area contributed by atoms with Crippen molar-refractivity contribution in [2.45, 2.75) is 32.2 Å². The van der Waals surface area contributed by atoms with Crippen LogP contribution in [-0.2, 0) is 6.42 Å². The quantitative estimate of drug-likeness (QED) is 0.938. The summed E-state index contributed by atoms with van der Waals surface area (Å²) in [6.07, 6.45) is 4.27. The fourth-order valence-electron chi connectivity index (χ4n) is 3.02. The van der Waals surface area contributed by atoms with Gasteiger partial charge in [-0.1, -0.05) is 6.92 Å². The Bertz CT molecular complexity index is 694. The number of hydrogen-bond acceptors (Lipinski definition) is 3. The molecule has 2 aromatic rings. The van der Waals surface area contributed by atoms with Crippen LogP contribution in [0.5, 0.6) is 0 Å². The van der Waals surface area contributed by atoms with E-state index in [1.807, 2.05) is 13.0 Å². The molecule has 1 aromatic heterocycles. The number of piperidine rings is 1. The van der Waals surface area contributed by atoms with Crippen molar-refractivity contribution in [1.29, 1.82) is 0 Å². The Morgan fingerprint density at radius 3 is 2.62 bits per heavy atom. The topological polar surface area (TPSA) is 45.2 Å². The molecule has 4 nitrogen and oxygen atoms in total. The summed E-state index contributed by atoms with van der Waals surface area (Å²) in [4.78, 5) is 18.8. The highest BCUT2D eigenvalue weighted by atomic mass is 19.1. The van der Waals surface area contributed by atoms with E-state index in [-0.39, 0.29) is 17.8 Å². The number of amides is 1. The van der Waals surface area contributed by atoms with E-state index in [0.717, 1.165) is 43.7 Å². The molecule has 0 spiro atoms. The molecule has 2 heterocycles. The third kappa shape index (κ3) is 3.91. The third-order valence-electron chi connectivity index (χ3n) is 4.46. The normalized spacial score (nSPS) is 15.3. The Labute approximate surface area is 141 Å². The van der Waals surface area contributed by atoms with Gasteiger partial charge in [-0.15, -0.1) is 0 Å². The predicted molar refractivity (Wildman–Crippen MR) is 92.7 cm³/mol. The largest absolute Gasteiger partial charge is 0.371 e. The number of nitrogens with zero attached hydrogens (tertiary/aromatic N) is 2. The van der Waals surface area contributed by atoms with Crippen LogP contribution in [0.2, 0.25) is 0 Å². The van der Waals surface area contributed by atoms with Gasteiger partial charge in [-0.05, 0) is 55.7 Å². The molecule has 0 aliphatic carbocycles. The third-order valence-corrected chi connectivity index (χ3v) is 4.46. The van der Waals surface area contributed by atoms with Crippen LogP contribution in [0.1, 0.15) is 35.8 Å². The molecule has 1 aromatic carbocycles. The van der Waals surface area contributed by atoms with Gasteiger partial charge in [0.25, 0.3) is 5.91 Å². The molecule has 1 N–H and O–H groups in total. The molecular formula is C19H22FN3O. The Balaban J connectivity index is 1.55. The van der Waals surface area contributed by atoms with Crippen LogP contribution in [0.15, 0.2) is 42.6 Å². The minimum atomic E-state index is -0.218. The molecule has 3 rings (SSSR count). The van der Waals surface area contributed by atoms with Crippen molar-refractivity contribution in [3.05, 3.63) is 59.7 Å². The van der Waals surface area contributed by atoms with Crippen molar-refractivity contribution in [3.63, 3.8) is 0 Å². The fourth-order valence-corrected chi connectivity index (χ4v) is 3.02. The molecule has 1 amide bonds. The van der Waals surface area contributed by atoms with Crippen molar-refractivity contribution < 1.29 is 9.18 Å². The lowest BCUT2D eigenvalue weighted by molar-refractivity contribution is 0.0931. The zero-order valence-electron chi connectivity index (χ0n) is 13.8. The molecule has 1 saturated heterocycles. The molecule has 24 heavy (non-hydrogen) atoms. The smallest absolute Gasteiger partial charge is 0.251 e. The molecule has 126 valence electrons. The standard InChI is InChI=1S/C19H22FN3O/c1-2-16-13-14(7-10-21-16)19(24)22-17-8-11-23(12-9-17)18-5-3-15(20)4-6-18/h3-7,10,13,17H,2,8-9,11-12H2,1H3,(H,22,24). The monoisotopic (exact) mass is 327 g/mol. The highest BCUT2D eigenvalue weighted by molar-refractivity contribution is 5.94. The molecule has 0 radical (unpaired) electrons. The molecule has 0 saturated carbocycles. The average molecular weight is 327 g/mol. The summed E-state index contributed by atoms with van der Waals surface area (Å²) in [6, 6.07) is 10.4. The van der Waals surface area contributed by atoms with E-state index in [1.54, 1.807) is 24.4 Å². The van der Waals surface area contributed by atoms with Crippen molar-refractivity contribution in [2.24, 2.45) is 0 Å². The van der Waals surface area contributed by atoms with Gasteiger partial charge >= 0.3 is 0 Å². The maximum absolute atomic E-state index is 13.0. The minimum Gasteiger partial charge on any atom is -0.371 e. The first-order valence-corrected chi connectivity index (χ1v) is 8.42. The van der Waals surface area contributed by atoms with E-state index >= 15 is 0 Å². The molecule has 1 aliphatic heterocycles.